The van der Waals surface area contributed by atoms with E-state index >= 15 is 0 Å². The number of nitrogens with one attached hydrogen (secondary N) is 2. The molecule has 0 spiro atoms. The molecule has 1 aliphatic rings. The minimum atomic E-state index is -0.362. The highest BCUT2D eigenvalue weighted by molar-refractivity contribution is 6.32. The molecule has 1 aromatic rings. The van der Waals surface area contributed by atoms with Crippen LogP contribution >= 0.6 is 36.4 Å². The van der Waals surface area contributed by atoms with Crippen molar-refractivity contribution in [3.63, 3.8) is 0 Å². The van der Waals surface area contributed by atoms with Crippen LogP contribution < -0.4 is 15.4 Å². The molecule has 0 saturated carbocycles. The highest BCUT2D eigenvalue weighted by Gasteiger charge is 2.28. The predicted molar refractivity (Wildman–Crippen MR) is 106 cm³/mol. The standard InChI is InChI=1S/C16H24ClN3O3.2ClH/c1-11-15(18-6-8-22-11)16(21)19-12-4-5-14(13(17)10-12)23-9-7-20(2)3;;/h4-5,10-11,15,18H,6-9H2,1-3H3,(H,19,21);2*1H/t11-,15+;;/m1../s1. The topological polar surface area (TPSA) is 62.8 Å². The minimum Gasteiger partial charge on any atom is -0.491 e. The maximum absolute atomic E-state index is 12.3. The molecule has 0 radical (unpaired) electrons. The second-order valence-electron chi connectivity index (χ2n) is 5.79. The Labute approximate surface area is 166 Å². The highest BCUT2D eigenvalue weighted by atomic mass is 35.5. The Morgan fingerprint density at radius 3 is 2.76 bits per heavy atom. The number of halogens is 3. The Morgan fingerprint density at radius 1 is 1.44 bits per heavy atom. The zero-order chi connectivity index (χ0) is 16.8. The van der Waals surface area contributed by atoms with Gasteiger partial charge in [-0.15, -0.1) is 24.8 Å². The Balaban J connectivity index is 0.00000288. The van der Waals surface area contributed by atoms with E-state index in [9.17, 15) is 4.79 Å². The molecule has 0 unspecified atom stereocenters. The van der Waals surface area contributed by atoms with Gasteiger partial charge >= 0.3 is 0 Å². The number of ether oxygens (including phenoxy) is 2. The normalized spacial score (nSPS) is 19.6. The van der Waals surface area contributed by atoms with Gasteiger partial charge in [0.15, 0.2) is 0 Å². The molecule has 0 aliphatic carbocycles. The van der Waals surface area contributed by atoms with E-state index in [4.69, 9.17) is 21.1 Å². The van der Waals surface area contributed by atoms with Crippen LogP contribution in [0.1, 0.15) is 6.92 Å². The second-order valence-corrected chi connectivity index (χ2v) is 6.20. The van der Waals surface area contributed by atoms with Crippen molar-refractivity contribution in [2.45, 2.75) is 19.1 Å². The summed E-state index contributed by atoms with van der Waals surface area (Å²) in [5.74, 6) is 0.480. The third kappa shape index (κ3) is 7.56. The van der Waals surface area contributed by atoms with E-state index in [1.807, 2.05) is 25.9 Å². The lowest BCUT2D eigenvalue weighted by molar-refractivity contribution is -0.123. The molecule has 1 heterocycles. The summed E-state index contributed by atoms with van der Waals surface area (Å²) < 4.78 is 11.1. The SMILES string of the molecule is C[C@H]1OCCN[C@@H]1C(=O)Nc1ccc(OCCN(C)C)c(Cl)c1.Cl.Cl. The van der Waals surface area contributed by atoms with Crippen molar-refractivity contribution in [1.29, 1.82) is 0 Å². The lowest BCUT2D eigenvalue weighted by Gasteiger charge is -2.29. The van der Waals surface area contributed by atoms with Gasteiger partial charge in [0.05, 0.1) is 17.7 Å². The van der Waals surface area contributed by atoms with Crippen molar-refractivity contribution in [3.8, 4) is 5.75 Å². The van der Waals surface area contributed by atoms with Crippen LogP contribution in [0.4, 0.5) is 5.69 Å². The zero-order valence-electron chi connectivity index (χ0n) is 14.6. The van der Waals surface area contributed by atoms with Crippen LogP contribution in [0.3, 0.4) is 0 Å². The number of nitrogens with zero attached hydrogens (tertiary/aromatic N) is 1. The van der Waals surface area contributed by atoms with Gasteiger partial charge in [-0.2, -0.15) is 0 Å². The largest absolute Gasteiger partial charge is 0.491 e. The van der Waals surface area contributed by atoms with E-state index < -0.39 is 0 Å². The first kappa shape index (κ1) is 24.2. The number of benzene rings is 1. The molecular formula is C16H26Cl3N3O3. The van der Waals surface area contributed by atoms with E-state index in [2.05, 4.69) is 10.6 Å². The quantitative estimate of drug-likeness (QED) is 0.748. The van der Waals surface area contributed by atoms with E-state index in [0.29, 0.717) is 36.2 Å². The maximum Gasteiger partial charge on any atom is 0.244 e. The van der Waals surface area contributed by atoms with Gasteiger partial charge in [0.2, 0.25) is 5.91 Å². The zero-order valence-corrected chi connectivity index (χ0v) is 17.0. The monoisotopic (exact) mass is 413 g/mol. The van der Waals surface area contributed by atoms with Crippen molar-refractivity contribution in [2.75, 3.05) is 45.7 Å². The first-order valence-corrected chi connectivity index (χ1v) is 8.08. The Kier molecular flexibility index (Phi) is 11.4. The summed E-state index contributed by atoms with van der Waals surface area (Å²) in [7, 11) is 3.96. The number of carbonyl (C=O) groups excluding carboxylic acids is 1. The summed E-state index contributed by atoms with van der Waals surface area (Å²) in [6.45, 7) is 4.53. The van der Waals surface area contributed by atoms with E-state index in [-0.39, 0.29) is 42.9 Å². The fourth-order valence-corrected chi connectivity index (χ4v) is 2.52. The van der Waals surface area contributed by atoms with Gasteiger partial charge < -0.3 is 25.0 Å². The molecule has 9 heteroatoms. The average molecular weight is 415 g/mol. The number of rotatable bonds is 6. The van der Waals surface area contributed by atoms with E-state index in [1.165, 1.54) is 0 Å². The molecule has 144 valence electrons. The number of morpholine rings is 1. The van der Waals surface area contributed by atoms with Crippen molar-refractivity contribution in [1.82, 2.24) is 10.2 Å². The van der Waals surface area contributed by atoms with Crippen LogP contribution in [0.5, 0.6) is 5.75 Å². The highest BCUT2D eigenvalue weighted by Crippen LogP contribution is 2.27. The molecule has 1 amide bonds. The van der Waals surface area contributed by atoms with Crippen LogP contribution in [-0.2, 0) is 9.53 Å². The van der Waals surface area contributed by atoms with Crippen molar-refractivity contribution in [3.05, 3.63) is 23.2 Å². The molecule has 1 aliphatic heterocycles. The molecule has 1 saturated heterocycles. The van der Waals surface area contributed by atoms with Crippen LogP contribution in [-0.4, -0.2) is 63.4 Å². The summed E-state index contributed by atoms with van der Waals surface area (Å²) in [6, 6.07) is 4.88. The minimum absolute atomic E-state index is 0. The van der Waals surface area contributed by atoms with Gasteiger partial charge in [-0.05, 0) is 39.2 Å². The molecule has 1 fully saturated rings. The molecule has 2 rings (SSSR count). The van der Waals surface area contributed by atoms with Gasteiger partial charge in [-0.3, -0.25) is 4.79 Å². The summed E-state index contributed by atoms with van der Waals surface area (Å²) in [5, 5.41) is 6.48. The molecule has 0 aromatic heterocycles. The summed E-state index contributed by atoms with van der Waals surface area (Å²) in [6.07, 6.45) is -0.159. The number of amides is 1. The predicted octanol–water partition coefficient (Wildman–Crippen LogP) is 2.44. The smallest absolute Gasteiger partial charge is 0.244 e. The van der Waals surface area contributed by atoms with Crippen LogP contribution in [0.15, 0.2) is 18.2 Å². The van der Waals surface area contributed by atoms with E-state index in [0.717, 1.165) is 6.54 Å². The molecule has 1 aromatic carbocycles. The first-order chi connectivity index (χ1) is 11.0. The van der Waals surface area contributed by atoms with Gasteiger partial charge in [0, 0.05) is 18.8 Å². The van der Waals surface area contributed by atoms with Crippen molar-refractivity contribution in [2.24, 2.45) is 0 Å². The van der Waals surface area contributed by atoms with Gasteiger partial charge in [0.25, 0.3) is 0 Å². The lowest BCUT2D eigenvalue weighted by atomic mass is 10.1. The number of hydrogen-bond acceptors (Lipinski definition) is 5. The number of likely N-dealkylation sites (N-methyl/N-ethyl adjacent to an activating group) is 1. The van der Waals surface area contributed by atoms with Gasteiger partial charge in [-0.1, -0.05) is 11.6 Å². The van der Waals surface area contributed by atoms with E-state index in [1.54, 1.807) is 18.2 Å². The third-order valence-electron chi connectivity index (χ3n) is 3.59. The van der Waals surface area contributed by atoms with Crippen LogP contribution in [0, 0.1) is 0 Å². The maximum atomic E-state index is 12.3. The molecule has 2 N–H and O–H groups in total. The lowest BCUT2D eigenvalue weighted by Crippen LogP contribution is -2.53. The number of carbonyl (C=O) groups is 1. The fourth-order valence-electron chi connectivity index (χ4n) is 2.28. The fraction of sp³-hybridized carbons (Fsp3) is 0.562. The Morgan fingerprint density at radius 2 is 2.16 bits per heavy atom. The summed E-state index contributed by atoms with van der Waals surface area (Å²) >= 11 is 6.21. The first-order valence-electron chi connectivity index (χ1n) is 7.70. The summed E-state index contributed by atoms with van der Waals surface area (Å²) in [4.78, 5) is 14.3. The Hall–Kier alpha value is -0.760. The molecule has 25 heavy (non-hydrogen) atoms. The van der Waals surface area contributed by atoms with Crippen LogP contribution in [0.25, 0.3) is 0 Å². The van der Waals surface area contributed by atoms with Crippen molar-refractivity contribution >= 4 is 48.0 Å². The summed E-state index contributed by atoms with van der Waals surface area (Å²) in [5.41, 5.74) is 0.638. The Bertz CT molecular complexity index is 547. The average Bonchev–Trinajstić information content (AvgIpc) is 2.49. The van der Waals surface area contributed by atoms with Gasteiger partial charge in [0.1, 0.15) is 18.4 Å². The second kappa shape index (κ2) is 11.8. The third-order valence-corrected chi connectivity index (χ3v) is 3.89. The van der Waals surface area contributed by atoms with Crippen molar-refractivity contribution < 1.29 is 14.3 Å². The molecule has 0 bridgehead atoms. The molecule has 6 nitrogen and oxygen atoms in total. The molecular weight excluding hydrogens is 389 g/mol. The number of anilines is 1. The number of hydrogen-bond donors (Lipinski definition) is 2. The van der Waals surface area contributed by atoms with Crippen LogP contribution in [0.2, 0.25) is 5.02 Å². The molecule has 2 atom stereocenters. The van der Waals surface area contributed by atoms with Gasteiger partial charge in [-0.25, -0.2) is 0 Å².